The summed E-state index contributed by atoms with van der Waals surface area (Å²) in [6, 6.07) is 10.5. The quantitative estimate of drug-likeness (QED) is 0.709. The van der Waals surface area contributed by atoms with E-state index in [0.29, 0.717) is 32.5 Å². The van der Waals surface area contributed by atoms with Gasteiger partial charge in [0.15, 0.2) is 0 Å². The highest BCUT2D eigenvalue weighted by Gasteiger charge is 2.28. The normalized spacial score (nSPS) is 17.0. The number of fused-ring (bicyclic) bond motifs is 1. The number of sulfonamides is 2. The lowest BCUT2D eigenvalue weighted by molar-refractivity contribution is -0.118. The first-order chi connectivity index (χ1) is 14.7. The minimum atomic E-state index is -3.86. The van der Waals surface area contributed by atoms with Gasteiger partial charge in [-0.2, -0.15) is 4.31 Å². The standard InChI is InChI=1S/C21H25N3O5S2/c1-2-21(25)24-14-11-16-15-19(9-10-20(16)24)30(26,27)22-17-5-7-18(8-6-17)31(28,29)23-12-3-4-13-23/h5-10,15,22H,2-4,11-14H2,1H3. The minimum absolute atomic E-state index is 0.0106. The molecule has 0 atom stereocenters. The Labute approximate surface area is 183 Å². The lowest BCUT2D eigenvalue weighted by atomic mass is 10.2. The summed E-state index contributed by atoms with van der Waals surface area (Å²) in [7, 11) is -7.40. The van der Waals surface area contributed by atoms with Crippen molar-refractivity contribution in [3.05, 3.63) is 48.0 Å². The summed E-state index contributed by atoms with van der Waals surface area (Å²) in [4.78, 5) is 14.0. The molecule has 0 saturated carbocycles. The fraction of sp³-hybridized carbons (Fsp3) is 0.381. The molecule has 1 saturated heterocycles. The summed E-state index contributed by atoms with van der Waals surface area (Å²) in [6.07, 6.45) is 2.70. The molecule has 0 radical (unpaired) electrons. The first-order valence-electron chi connectivity index (χ1n) is 10.3. The average molecular weight is 464 g/mol. The highest BCUT2D eigenvalue weighted by Crippen LogP contribution is 2.31. The lowest BCUT2D eigenvalue weighted by Gasteiger charge is -2.17. The maximum absolute atomic E-state index is 12.8. The third-order valence-corrected chi connectivity index (χ3v) is 8.96. The summed E-state index contributed by atoms with van der Waals surface area (Å²) in [5, 5.41) is 0. The van der Waals surface area contributed by atoms with Crippen LogP contribution in [0.25, 0.3) is 0 Å². The molecule has 2 aromatic rings. The van der Waals surface area contributed by atoms with Gasteiger partial charge < -0.3 is 4.90 Å². The largest absolute Gasteiger partial charge is 0.312 e. The van der Waals surface area contributed by atoms with E-state index >= 15 is 0 Å². The third kappa shape index (κ3) is 4.19. The van der Waals surface area contributed by atoms with Crippen molar-refractivity contribution in [1.29, 1.82) is 0 Å². The van der Waals surface area contributed by atoms with Crippen molar-refractivity contribution in [2.75, 3.05) is 29.3 Å². The second-order valence-corrected chi connectivity index (χ2v) is 11.3. The number of nitrogens with one attached hydrogen (secondary N) is 1. The monoisotopic (exact) mass is 463 g/mol. The van der Waals surface area contributed by atoms with E-state index in [1.165, 1.54) is 34.6 Å². The number of rotatable bonds is 6. The highest BCUT2D eigenvalue weighted by atomic mass is 32.2. The Morgan fingerprint density at radius 3 is 2.23 bits per heavy atom. The molecular formula is C21H25N3O5S2. The predicted molar refractivity (Wildman–Crippen MR) is 118 cm³/mol. The zero-order chi connectivity index (χ0) is 22.2. The predicted octanol–water partition coefficient (Wildman–Crippen LogP) is 2.57. The molecule has 1 fully saturated rings. The summed E-state index contributed by atoms with van der Waals surface area (Å²) in [5.41, 5.74) is 1.85. The van der Waals surface area contributed by atoms with Gasteiger partial charge in [0.05, 0.1) is 9.79 Å². The number of carbonyl (C=O) groups excluding carboxylic acids is 1. The summed E-state index contributed by atoms with van der Waals surface area (Å²) in [5.74, 6) is 0.0106. The molecule has 31 heavy (non-hydrogen) atoms. The Hall–Kier alpha value is -2.43. The van der Waals surface area contributed by atoms with Crippen LogP contribution in [0, 0.1) is 0 Å². The van der Waals surface area contributed by atoms with E-state index in [2.05, 4.69) is 4.72 Å². The van der Waals surface area contributed by atoms with Crippen molar-refractivity contribution in [2.45, 2.75) is 42.4 Å². The van der Waals surface area contributed by atoms with Crippen LogP contribution in [0.2, 0.25) is 0 Å². The van der Waals surface area contributed by atoms with Crippen LogP contribution in [-0.2, 0) is 31.3 Å². The Bertz CT molecular complexity index is 1200. The number of benzene rings is 2. The molecule has 0 aromatic heterocycles. The zero-order valence-corrected chi connectivity index (χ0v) is 18.9. The smallest absolute Gasteiger partial charge is 0.261 e. The number of amides is 1. The molecule has 0 spiro atoms. The number of anilines is 2. The van der Waals surface area contributed by atoms with E-state index < -0.39 is 20.0 Å². The molecule has 1 N–H and O–H groups in total. The van der Waals surface area contributed by atoms with E-state index in [1.54, 1.807) is 24.0 Å². The molecule has 8 nitrogen and oxygen atoms in total. The van der Waals surface area contributed by atoms with Crippen molar-refractivity contribution in [3.8, 4) is 0 Å². The van der Waals surface area contributed by atoms with Gasteiger partial charge in [-0.3, -0.25) is 9.52 Å². The first kappa shape index (κ1) is 21.8. The third-order valence-electron chi connectivity index (χ3n) is 5.67. The van der Waals surface area contributed by atoms with Crippen LogP contribution in [-0.4, -0.2) is 46.7 Å². The molecule has 1 amide bonds. The summed E-state index contributed by atoms with van der Waals surface area (Å²) >= 11 is 0. The zero-order valence-electron chi connectivity index (χ0n) is 17.2. The number of hydrogen-bond donors (Lipinski definition) is 1. The molecule has 166 valence electrons. The molecule has 2 aliphatic heterocycles. The number of carbonyl (C=O) groups is 1. The van der Waals surface area contributed by atoms with Crippen LogP contribution in [0.4, 0.5) is 11.4 Å². The molecule has 2 heterocycles. The topological polar surface area (TPSA) is 104 Å². The first-order valence-corrected chi connectivity index (χ1v) is 13.2. The molecular weight excluding hydrogens is 438 g/mol. The fourth-order valence-corrected chi connectivity index (χ4v) is 6.61. The summed E-state index contributed by atoms with van der Waals surface area (Å²) in [6.45, 7) is 3.36. The number of hydrogen-bond acceptors (Lipinski definition) is 5. The molecule has 4 rings (SSSR count). The van der Waals surface area contributed by atoms with E-state index in [4.69, 9.17) is 0 Å². The van der Waals surface area contributed by atoms with E-state index in [0.717, 1.165) is 24.1 Å². The fourth-order valence-electron chi connectivity index (χ4n) is 3.98. The second-order valence-electron chi connectivity index (χ2n) is 7.68. The van der Waals surface area contributed by atoms with Crippen LogP contribution in [0.5, 0.6) is 0 Å². The molecule has 10 heteroatoms. The van der Waals surface area contributed by atoms with Gasteiger partial charge >= 0.3 is 0 Å². The van der Waals surface area contributed by atoms with Gasteiger partial charge in [0.1, 0.15) is 0 Å². The Morgan fingerprint density at radius 1 is 0.935 bits per heavy atom. The van der Waals surface area contributed by atoms with Crippen LogP contribution >= 0.6 is 0 Å². The van der Waals surface area contributed by atoms with Crippen molar-refractivity contribution in [1.82, 2.24) is 4.31 Å². The molecule has 0 aliphatic carbocycles. The number of nitrogens with zero attached hydrogens (tertiary/aromatic N) is 2. The van der Waals surface area contributed by atoms with Crippen molar-refractivity contribution in [3.63, 3.8) is 0 Å². The highest BCUT2D eigenvalue weighted by molar-refractivity contribution is 7.92. The maximum atomic E-state index is 12.8. The average Bonchev–Trinajstić information content (AvgIpc) is 3.43. The molecule has 2 aromatic carbocycles. The Morgan fingerprint density at radius 2 is 1.58 bits per heavy atom. The van der Waals surface area contributed by atoms with Crippen molar-refractivity contribution in [2.24, 2.45) is 0 Å². The second kappa shape index (κ2) is 8.25. The Kier molecular flexibility index (Phi) is 5.80. The van der Waals surface area contributed by atoms with Gasteiger partial charge in [-0.15, -0.1) is 0 Å². The summed E-state index contributed by atoms with van der Waals surface area (Å²) < 4.78 is 54.9. The van der Waals surface area contributed by atoms with Gasteiger partial charge in [0.25, 0.3) is 10.0 Å². The van der Waals surface area contributed by atoms with Gasteiger partial charge in [0, 0.05) is 37.4 Å². The van der Waals surface area contributed by atoms with Gasteiger partial charge in [-0.05, 0) is 67.3 Å². The van der Waals surface area contributed by atoms with Crippen molar-refractivity contribution < 1.29 is 21.6 Å². The maximum Gasteiger partial charge on any atom is 0.261 e. The molecule has 0 unspecified atom stereocenters. The van der Waals surface area contributed by atoms with Crippen LogP contribution in [0.1, 0.15) is 31.7 Å². The SMILES string of the molecule is CCC(=O)N1CCc2cc(S(=O)(=O)Nc3ccc(S(=O)(=O)N4CCCC4)cc3)ccc21. The minimum Gasteiger partial charge on any atom is -0.312 e. The van der Waals surface area contributed by atoms with Crippen LogP contribution in [0.15, 0.2) is 52.3 Å². The van der Waals surface area contributed by atoms with E-state index in [-0.39, 0.29) is 21.4 Å². The van der Waals surface area contributed by atoms with Crippen molar-refractivity contribution >= 4 is 37.3 Å². The van der Waals surface area contributed by atoms with E-state index in [1.807, 2.05) is 0 Å². The van der Waals surface area contributed by atoms with Crippen LogP contribution < -0.4 is 9.62 Å². The van der Waals surface area contributed by atoms with Crippen LogP contribution in [0.3, 0.4) is 0 Å². The molecule has 2 aliphatic rings. The van der Waals surface area contributed by atoms with Gasteiger partial charge in [0.2, 0.25) is 15.9 Å². The van der Waals surface area contributed by atoms with Gasteiger partial charge in [-0.25, -0.2) is 16.8 Å². The lowest BCUT2D eigenvalue weighted by Crippen LogP contribution is -2.27. The molecule has 0 bridgehead atoms. The Balaban J connectivity index is 1.52. The van der Waals surface area contributed by atoms with Gasteiger partial charge in [-0.1, -0.05) is 6.92 Å². The van der Waals surface area contributed by atoms with E-state index in [9.17, 15) is 21.6 Å².